The van der Waals surface area contributed by atoms with Gasteiger partial charge in [0.25, 0.3) is 5.91 Å². The largest absolute Gasteiger partial charge is 0.367 e. The molecular formula is C31H34N4O3. The molecule has 38 heavy (non-hydrogen) atoms. The fourth-order valence-corrected chi connectivity index (χ4v) is 4.89. The number of ether oxygens (including phenoxy) is 1. The molecule has 2 amide bonds. The van der Waals surface area contributed by atoms with Crippen molar-refractivity contribution in [1.82, 2.24) is 9.80 Å². The van der Waals surface area contributed by atoms with E-state index in [1.165, 1.54) is 5.01 Å². The van der Waals surface area contributed by atoms with Gasteiger partial charge in [0.05, 0.1) is 12.3 Å². The fraction of sp³-hybridized carbons (Fsp3) is 0.323. The average molecular weight is 511 g/mol. The van der Waals surface area contributed by atoms with E-state index in [0.29, 0.717) is 43.9 Å². The first-order valence-corrected chi connectivity index (χ1v) is 13.3. The van der Waals surface area contributed by atoms with Crippen LogP contribution in [-0.2, 0) is 14.3 Å². The topological polar surface area (TPSA) is 65.5 Å². The highest BCUT2D eigenvalue weighted by Crippen LogP contribution is 2.26. The molecule has 7 heteroatoms. The summed E-state index contributed by atoms with van der Waals surface area (Å²) in [5, 5.41) is 5.83. The molecule has 0 aliphatic carbocycles. The summed E-state index contributed by atoms with van der Waals surface area (Å²) in [5.41, 5.74) is 4.54. The number of hydrazone groups is 1. The summed E-state index contributed by atoms with van der Waals surface area (Å²) < 4.78 is 6.38. The lowest BCUT2D eigenvalue weighted by Gasteiger charge is -2.35. The van der Waals surface area contributed by atoms with Gasteiger partial charge in [-0.1, -0.05) is 78.4 Å². The second kappa shape index (κ2) is 12.2. The molecule has 0 aromatic heterocycles. The average Bonchev–Trinajstić information content (AvgIpc) is 2.97. The highest BCUT2D eigenvalue weighted by molar-refractivity contribution is 6.40. The van der Waals surface area contributed by atoms with Crippen molar-refractivity contribution in [1.29, 1.82) is 0 Å². The lowest BCUT2D eigenvalue weighted by molar-refractivity contribution is -0.126. The summed E-state index contributed by atoms with van der Waals surface area (Å²) in [6, 6.07) is 28.2. The molecule has 0 unspecified atom stereocenters. The number of hydrogen-bond acceptors (Lipinski definition) is 5. The van der Waals surface area contributed by atoms with E-state index in [0.717, 1.165) is 36.3 Å². The first-order valence-electron chi connectivity index (χ1n) is 13.3. The third-order valence-corrected chi connectivity index (χ3v) is 7.11. The Hall–Kier alpha value is -3.81. The smallest absolute Gasteiger partial charge is 0.270 e. The molecule has 2 aliphatic rings. The zero-order chi connectivity index (χ0) is 26.3. The Kier molecular flexibility index (Phi) is 8.26. The van der Waals surface area contributed by atoms with Gasteiger partial charge in [0.15, 0.2) is 0 Å². The number of hydrogen-bond donors (Lipinski definition) is 0. The molecule has 1 fully saturated rings. The zero-order valence-corrected chi connectivity index (χ0v) is 21.8. The molecule has 196 valence electrons. The number of benzene rings is 3. The fourth-order valence-electron chi connectivity index (χ4n) is 4.89. The van der Waals surface area contributed by atoms with Gasteiger partial charge in [0.2, 0.25) is 5.91 Å². The zero-order valence-electron chi connectivity index (χ0n) is 21.8. The number of anilines is 1. The second-order valence-corrected chi connectivity index (χ2v) is 9.79. The lowest BCUT2D eigenvalue weighted by Crippen LogP contribution is -2.52. The summed E-state index contributed by atoms with van der Waals surface area (Å²) in [7, 11) is 0. The summed E-state index contributed by atoms with van der Waals surface area (Å²) >= 11 is 0. The van der Waals surface area contributed by atoms with Gasteiger partial charge in [-0.3, -0.25) is 14.5 Å². The number of piperazine rings is 1. The van der Waals surface area contributed by atoms with E-state index in [2.05, 4.69) is 34.3 Å². The van der Waals surface area contributed by atoms with Crippen molar-refractivity contribution in [2.45, 2.75) is 25.9 Å². The van der Waals surface area contributed by atoms with E-state index in [4.69, 9.17) is 4.74 Å². The summed E-state index contributed by atoms with van der Waals surface area (Å²) in [5.74, 6) is -0.154. The van der Waals surface area contributed by atoms with E-state index >= 15 is 0 Å². The molecule has 1 saturated heterocycles. The third kappa shape index (κ3) is 6.18. The van der Waals surface area contributed by atoms with E-state index in [1.54, 1.807) is 0 Å². The SMILES string of the molecule is Cc1ccc(N2N=C(C(=O)N3CCN(CCOC(c4ccccc4)c4ccccc4)CC3)CCC2=O)cc1. The second-order valence-electron chi connectivity index (χ2n) is 9.79. The first kappa shape index (κ1) is 25.8. The minimum absolute atomic E-state index is 0.0706. The molecule has 2 heterocycles. The maximum Gasteiger partial charge on any atom is 0.270 e. The van der Waals surface area contributed by atoms with Gasteiger partial charge in [-0.15, -0.1) is 0 Å². The maximum atomic E-state index is 13.2. The van der Waals surface area contributed by atoms with Crippen LogP contribution in [0.3, 0.4) is 0 Å². The Balaban J connectivity index is 1.14. The molecule has 0 N–H and O–H groups in total. The van der Waals surface area contributed by atoms with Crippen molar-refractivity contribution >= 4 is 23.2 Å². The first-order chi connectivity index (χ1) is 18.6. The Morgan fingerprint density at radius 1 is 0.842 bits per heavy atom. The van der Waals surface area contributed by atoms with Crippen LogP contribution in [0, 0.1) is 6.92 Å². The van der Waals surface area contributed by atoms with Crippen LogP contribution in [-0.4, -0.2) is 66.7 Å². The van der Waals surface area contributed by atoms with Crippen LogP contribution in [0.5, 0.6) is 0 Å². The standard InChI is InChI=1S/C31H34N4O3/c1-24-12-14-27(15-13-24)35-29(36)17-16-28(32-35)31(37)34-20-18-33(19-21-34)22-23-38-30(25-8-4-2-5-9-25)26-10-6-3-7-11-26/h2-15,30H,16-23H2,1H3. The van der Waals surface area contributed by atoms with Gasteiger partial charge in [0.1, 0.15) is 11.8 Å². The Bertz CT molecular complexity index is 1210. The molecule has 0 bridgehead atoms. The predicted octanol–water partition coefficient (Wildman–Crippen LogP) is 4.43. The molecule has 7 nitrogen and oxygen atoms in total. The van der Waals surface area contributed by atoms with Crippen molar-refractivity contribution < 1.29 is 14.3 Å². The number of amides is 2. The Labute approximate surface area is 224 Å². The Morgan fingerprint density at radius 3 is 2.05 bits per heavy atom. The van der Waals surface area contributed by atoms with Crippen LogP contribution in [0.15, 0.2) is 90.0 Å². The van der Waals surface area contributed by atoms with Crippen LogP contribution in [0.25, 0.3) is 0 Å². The van der Waals surface area contributed by atoms with Crippen LogP contribution >= 0.6 is 0 Å². The van der Waals surface area contributed by atoms with Crippen LogP contribution in [0.4, 0.5) is 5.69 Å². The van der Waals surface area contributed by atoms with Crippen molar-refractivity contribution in [2.24, 2.45) is 5.10 Å². The normalized spacial score (nSPS) is 16.6. The van der Waals surface area contributed by atoms with Crippen LogP contribution < -0.4 is 5.01 Å². The van der Waals surface area contributed by atoms with E-state index in [9.17, 15) is 9.59 Å². The van der Waals surface area contributed by atoms with Gasteiger partial charge in [0, 0.05) is 45.6 Å². The van der Waals surface area contributed by atoms with E-state index < -0.39 is 0 Å². The molecule has 0 atom stereocenters. The van der Waals surface area contributed by atoms with Crippen molar-refractivity contribution in [3.05, 3.63) is 102 Å². The van der Waals surface area contributed by atoms with Gasteiger partial charge >= 0.3 is 0 Å². The van der Waals surface area contributed by atoms with Crippen molar-refractivity contribution in [3.8, 4) is 0 Å². The summed E-state index contributed by atoms with van der Waals surface area (Å²) in [6.45, 7) is 6.23. The van der Waals surface area contributed by atoms with Crippen molar-refractivity contribution in [2.75, 3.05) is 44.3 Å². The van der Waals surface area contributed by atoms with Gasteiger partial charge in [-0.25, -0.2) is 5.01 Å². The minimum atomic E-state index is -0.108. The van der Waals surface area contributed by atoms with Gasteiger partial charge < -0.3 is 9.64 Å². The number of rotatable bonds is 8. The highest BCUT2D eigenvalue weighted by atomic mass is 16.5. The Morgan fingerprint density at radius 2 is 1.45 bits per heavy atom. The van der Waals surface area contributed by atoms with Crippen LogP contribution in [0.2, 0.25) is 0 Å². The predicted molar refractivity (Wildman–Crippen MR) is 149 cm³/mol. The molecular weight excluding hydrogens is 476 g/mol. The van der Waals surface area contributed by atoms with Crippen LogP contribution in [0.1, 0.15) is 35.6 Å². The summed E-state index contributed by atoms with van der Waals surface area (Å²) in [6.07, 6.45) is 0.567. The molecule has 2 aliphatic heterocycles. The van der Waals surface area contributed by atoms with E-state index in [1.807, 2.05) is 72.5 Å². The molecule has 0 radical (unpaired) electrons. The lowest BCUT2D eigenvalue weighted by atomic mass is 10.0. The quantitative estimate of drug-likeness (QED) is 0.450. The van der Waals surface area contributed by atoms with E-state index in [-0.39, 0.29) is 17.9 Å². The van der Waals surface area contributed by atoms with Gasteiger partial charge in [-0.2, -0.15) is 5.10 Å². The molecule has 0 spiro atoms. The number of nitrogens with zero attached hydrogens (tertiary/aromatic N) is 4. The highest BCUT2D eigenvalue weighted by Gasteiger charge is 2.30. The molecule has 5 rings (SSSR count). The maximum absolute atomic E-state index is 13.2. The minimum Gasteiger partial charge on any atom is -0.367 e. The number of carbonyl (C=O) groups is 2. The molecule has 3 aromatic carbocycles. The van der Waals surface area contributed by atoms with Gasteiger partial charge in [-0.05, 0) is 30.2 Å². The van der Waals surface area contributed by atoms with Crippen molar-refractivity contribution in [3.63, 3.8) is 0 Å². The number of aryl methyl sites for hydroxylation is 1. The molecule has 3 aromatic rings. The third-order valence-electron chi connectivity index (χ3n) is 7.11. The monoisotopic (exact) mass is 510 g/mol. The molecule has 0 saturated carbocycles. The summed E-state index contributed by atoms with van der Waals surface area (Å²) in [4.78, 5) is 29.9. The number of carbonyl (C=O) groups excluding carboxylic acids is 2.